The molecule has 1 heterocycles. The van der Waals surface area contributed by atoms with Crippen LogP contribution in [0.15, 0.2) is 42.5 Å². The molecule has 0 saturated carbocycles. The standard InChI is InChI=1S/C21H24ClN3O3/c1-14-4-7-17(11-19(14)22)23-13-20(26)25-16-8-5-15(6-9-16)21(27)24-12-18-3-2-10-28-18/h4-9,11,18,23H,2-3,10,12-13H2,1H3,(H,24,27)(H,25,26). The third-order valence-corrected chi connectivity index (χ3v) is 4.98. The Balaban J connectivity index is 1.45. The van der Waals surface area contributed by atoms with E-state index in [9.17, 15) is 9.59 Å². The van der Waals surface area contributed by atoms with Crippen molar-refractivity contribution in [1.29, 1.82) is 0 Å². The second kappa shape index (κ2) is 9.57. The Morgan fingerprint density at radius 2 is 1.89 bits per heavy atom. The van der Waals surface area contributed by atoms with Crippen LogP contribution in [0.3, 0.4) is 0 Å². The Morgan fingerprint density at radius 1 is 1.14 bits per heavy atom. The fourth-order valence-electron chi connectivity index (χ4n) is 2.91. The third kappa shape index (κ3) is 5.71. The van der Waals surface area contributed by atoms with Crippen molar-refractivity contribution in [3.8, 4) is 0 Å². The van der Waals surface area contributed by atoms with Gasteiger partial charge in [-0.3, -0.25) is 9.59 Å². The summed E-state index contributed by atoms with van der Waals surface area (Å²) < 4.78 is 5.49. The summed E-state index contributed by atoms with van der Waals surface area (Å²) in [7, 11) is 0. The largest absolute Gasteiger partial charge is 0.376 e. The molecule has 3 N–H and O–H groups in total. The van der Waals surface area contributed by atoms with E-state index < -0.39 is 0 Å². The highest BCUT2D eigenvalue weighted by Crippen LogP contribution is 2.19. The van der Waals surface area contributed by atoms with Crippen LogP contribution in [0.5, 0.6) is 0 Å². The van der Waals surface area contributed by atoms with Crippen LogP contribution in [0.1, 0.15) is 28.8 Å². The van der Waals surface area contributed by atoms with Crippen molar-refractivity contribution in [2.45, 2.75) is 25.9 Å². The van der Waals surface area contributed by atoms with E-state index in [-0.39, 0.29) is 24.5 Å². The number of carbonyl (C=O) groups is 2. The fraction of sp³-hybridized carbons (Fsp3) is 0.333. The van der Waals surface area contributed by atoms with Gasteiger partial charge in [0.1, 0.15) is 0 Å². The maximum absolute atomic E-state index is 12.2. The number of amides is 2. The second-order valence-corrected chi connectivity index (χ2v) is 7.20. The maximum atomic E-state index is 12.2. The third-order valence-electron chi connectivity index (χ3n) is 4.57. The maximum Gasteiger partial charge on any atom is 0.251 e. The van der Waals surface area contributed by atoms with Gasteiger partial charge in [-0.05, 0) is 61.7 Å². The van der Waals surface area contributed by atoms with Crippen molar-refractivity contribution >= 4 is 34.8 Å². The zero-order chi connectivity index (χ0) is 19.9. The summed E-state index contributed by atoms with van der Waals surface area (Å²) >= 11 is 6.08. The number of anilines is 2. The predicted molar refractivity (Wildman–Crippen MR) is 111 cm³/mol. The minimum Gasteiger partial charge on any atom is -0.376 e. The molecule has 0 bridgehead atoms. The Kier molecular flexibility index (Phi) is 6.90. The summed E-state index contributed by atoms with van der Waals surface area (Å²) in [5.41, 5.74) is 2.94. The molecule has 1 aliphatic rings. The number of benzene rings is 2. The lowest BCUT2D eigenvalue weighted by Crippen LogP contribution is -2.31. The number of halogens is 1. The molecule has 1 atom stereocenters. The van der Waals surface area contributed by atoms with Gasteiger partial charge in [-0.1, -0.05) is 17.7 Å². The molecule has 28 heavy (non-hydrogen) atoms. The van der Waals surface area contributed by atoms with Gasteiger partial charge < -0.3 is 20.7 Å². The molecule has 2 aromatic rings. The lowest BCUT2D eigenvalue weighted by Gasteiger charge is -2.11. The first-order valence-corrected chi connectivity index (χ1v) is 9.69. The van der Waals surface area contributed by atoms with Gasteiger partial charge in [-0.2, -0.15) is 0 Å². The monoisotopic (exact) mass is 401 g/mol. The van der Waals surface area contributed by atoms with Gasteiger partial charge in [-0.25, -0.2) is 0 Å². The molecule has 2 aromatic carbocycles. The molecular weight excluding hydrogens is 378 g/mol. The van der Waals surface area contributed by atoms with Crippen molar-refractivity contribution in [3.63, 3.8) is 0 Å². The summed E-state index contributed by atoms with van der Waals surface area (Å²) in [6.45, 7) is 3.32. The average Bonchev–Trinajstić information content (AvgIpc) is 3.21. The van der Waals surface area contributed by atoms with Crippen LogP contribution in [-0.4, -0.2) is 37.6 Å². The molecule has 1 saturated heterocycles. The smallest absolute Gasteiger partial charge is 0.251 e. The number of ether oxygens (including phenoxy) is 1. The summed E-state index contributed by atoms with van der Waals surface area (Å²) in [4.78, 5) is 24.3. The molecule has 0 spiro atoms. The quantitative estimate of drug-likeness (QED) is 0.662. The second-order valence-electron chi connectivity index (χ2n) is 6.79. The number of nitrogens with one attached hydrogen (secondary N) is 3. The van der Waals surface area contributed by atoms with Crippen molar-refractivity contribution in [3.05, 3.63) is 58.6 Å². The van der Waals surface area contributed by atoms with Gasteiger partial charge in [0.25, 0.3) is 5.91 Å². The Bertz CT molecular complexity index is 833. The van der Waals surface area contributed by atoms with Crippen LogP contribution in [0.4, 0.5) is 11.4 Å². The highest BCUT2D eigenvalue weighted by molar-refractivity contribution is 6.31. The summed E-state index contributed by atoms with van der Waals surface area (Å²) in [5.74, 6) is -0.335. The Labute approximate surface area is 169 Å². The van der Waals surface area contributed by atoms with E-state index in [1.54, 1.807) is 30.3 Å². The molecule has 0 aliphatic carbocycles. The molecule has 7 heteroatoms. The molecule has 2 amide bonds. The molecule has 148 valence electrons. The zero-order valence-corrected chi connectivity index (χ0v) is 16.5. The molecule has 1 aliphatic heterocycles. The summed E-state index contributed by atoms with van der Waals surface area (Å²) in [6, 6.07) is 12.3. The minimum absolute atomic E-state index is 0.110. The van der Waals surface area contributed by atoms with E-state index in [0.29, 0.717) is 22.8 Å². The fourth-order valence-corrected chi connectivity index (χ4v) is 3.09. The number of hydrogen-bond acceptors (Lipinski definition) is 4. The normalized spacial score (nSPS) is 15.9. The lowest BCUT2D eigenvalue weighted by molar-refractivity contribution is -0.114. The molecule has 1 fully saturated rings. The Morgan fingerprint density at radius 3 is 2.57 bits per heavy atom. The van der Waals surface area contributed by atoms with E-state index in [4.69, 9.17) is 16.3 Å². The van der Waals surface area contributed by atoms with Crippen molar-refractivity contribution < 1.29 is 14.3 Å². The van der Waals surface area contributed by atoms with Gasteiger partial charge in [0, 0.05) is 35.1 Å². The molecule has 1 unspecified atom stereocenters. The van der Waals surface area contributed by atoms with Crippen molar-refractivity contribution in [2.75, 3.05) is 30.3 Å². The first-order valence-electron chi connectivity index (χ1n) is 9.31. The number of carbonyl (C=O) groups excluding carboxylic acids is 2. The van der Waals surface area contributed by atoms with Crippen LogP contribution >= 0.6 is 11.6 Å². The molecule has 3 rings (SSSR count). The van der Waals surface area contributed by atoms with Gasteiger partial charge in [0.15, 0.2) is 0 Å². The van der Waals surface area contributed by atoms with E-state index in [2.05, 4.69) is 16.0 Å². The molecule has 6 nitrogen and oxygen atoms in total. The average molecular weight is 402 g/mol. The van der Waals surface area contributed by atoms with Gasteiger partial charge in [-0.15, -0.1) is 0 Å². The van der Waals surface area contributed by atoms with E-state index in [0.717, 1.165) is 30.7 Å². The van der Waals surface area contributed by atoms with Crippen LogP contribution in [0, 0.1) is 6.92 Å². The SMILES string of the molecule is Cc1ccc(NCC(=O)Nc2ccc(C(=O)NCC3CCCO3)cc2)cc1Cl. The number of aryl methyl sites for hydroxylation is 1. The van der Waals surface area contributed by atoms with E-state index in [1.807, 2.05) is 19.1 Å². The van der Waals surface area contributed by atoms with E-state index in [1.165, 1.54) is 0 Å². The Hall–Kier alpha value is -2.57. The van der Waals surface area contributed by atoms with Crippen LogP contribution in [-0.2, 0) is 9.53 Å². The highest BCUT2D eigenvalue weighted by atomic mass is 35.5. The summed E-state index contributed by atoms with van der Waals surface area (Å²) in [5, 5.41) is 9.36. The number of hydrogen-bond donors (Lipinski definition) is 3. The first kappa shape index (κ1) is 20.2. The van der Waals surface area contributed by atoms with E-state index >= 15 is 0 Å². The van der Waals surface area contributed by atoms with Crippen LogP contribution in [0.25, 0.3) is 0 Å². The van der Waals surface area contributed by atoms with Crippen molar-refractivity contribution in [1.82, 2.24) is 5.32 Å². The lowest BCUT2D eigenvalue weighted by atomic mass is 10.2. The first-order chi connectivity index (χ1) is 13.5. The van der Waals surface area contributed by atoms with Crippen molar-refractivity contribution in [2.24, 2.45) is 0 Å². The predicted octanol–water partition coefficient (Wildman–Crippen LogP) is 3.61. The van der Waals surface area contributed by atoms with Crippen LogP contribution in [0.2, 0.25) is 5.02 Å². The summed E-state index contributed by atoms with van der Waals surface area (Å²) in [6.07, 6.45) is 2.13. The van der Waals surface area contributed by atoms with Gasteiger partial charge in [0.05, 0.1) is 12.6 Å². The molecule has 0 radical (unpaired) electrons. The molecular formula is C21H24ClN3O3. The highest BCUT2D eigenvalue weighted by Gasteiger charge is 2.16. The van der Waals surface area contributed by atoms with Crippen LogP contribution < -0.4 is 16.0 Å². The topological polar surface area (TPSA) is 79.5 Å². The minimum atomic E-state index is -0.188. The zero-order valence-electron chi connectivity index (χ0n) is 15.8. The van der Waals surface area contributed by atoms with Gasteiger partial charge in [0.2, 0.25) is 5.91 Å². The number of rotatable bonds is 7. The van der Waals surface area contributed by atoms with Gasteiger partial charge >= 0.3 is 0 Å². The molecule has 0 aromatic heterocycles.